The van der Waals surface area contributed by atoms with Crippen LogP contribution in [0.25, 0.3) is 0 Å². The van der Waals surface area contributed by atoms with E-state index in [0.717, 1.165) is 44.1 Å². The Morgan fingerprint density at radius 2 is 1.86 bits per heavy atom. The molecule has 1 fully saturated rings. The van der Waals surface area contributed by atoms with Crippen molar-refractivity contribution in [2.75, 3.05) is 7.05 Å². The summed E-state index contributed by atoms with van der Waals surface area (Å²) in [5, 5.41) is 2.91. The van der Waals surface area contributed by atoms with Crippen LogP contribution in [0.1, 0.15) is 44.1 Å². The fourth-order valence-electron chi connectivity index (χ4n) is 2.76. The Morgan fingerprint density at radius 3 is 2.43 bits per heavy atom. The Morgan fingerprint density at radius 1 is 1.19 bits per heavy atom. The van der Waals surface area contributed by atoms with Crippen molar-refractivity contribution >= 4 is 10.0 Å². The van der Waals surface area contributed by atoms with Crippen LogP contribution in [0.4, 0.5) is 4.39 Å². The van der Waals surface area contributed by atoms with Crippen molar-refractivity contribution < 1.29 is 12.8 Å². The Bertz CT molecular complexity index is 567. The maximum Gasteiger partial charge on any atom is 0.243 e. The predicted molar refractivity (Wildman–Crippen MR) is 81.0 cm³/mol. The van der Waals surface area contributed by atoms with Gasteiger partial charge in [-0.1, -0.05) is 31.7 Å². The van der Waals surface area contributed by atoms with Gasteiger partial charge in [0, 0.05) is 12.6 Å². The maximum atomic E-state index is 14.1. The molecule has 0 heterocycles. The van der Waals surface area contributed by atoms with Gasteiger partial charge in [-0.2, -0.15) is 0 Å². The highest BCUT2D eigenvalue weighted by Crippen LogP contribution is 2.21. The molecule has 0 atom stereocenters. The summed E-state index contributed by atoms with van der Waals surface area (Å²) in [4.78, 5) is -0.258. The van der Waals surface area contributed by atoms with Gasteiger partial charge in [0.25, 0.3) is 0 Å². The topological polar surface area (TPSA) is 58.2 Å². The van der Waals surface area contributed by atoms with E-state index in [9.17, 15) is 12.8 Å². The van der Waals surface area contributed by atoms with Crippen LogP contribution in [0.15, 0.2) is 23.1 Å². The molecule has 2 rings (SSSR count). The molecular weight excluding hydrogens is 291 g/mol. The minimum atomic E-state index is -3.78. The van der Waals surface area contributed by atoms with Crippen molar-refractivity contribution in [3.05, 3.63) is 29.6 Å². The molecule has 1 aromatic carbocycles. The average molecular weight is 314 g/mol. The van der Waals surface area contributed by atoms with Crippen molar-refractivity contribution in [2.45, 2.75) is 56.0 Å². The van der Waals surface area contributed by atoms with E-state index in [1.165, 1.54) is 12.1 Å². The summed E-state index contributed by atoms with van der Waals surface area (Å²) in [7, 11) is -2.02. The molecule has 21 heavy (non-hydrogen) atoms. The van der Waals surface area contributed by atoms with Crippen molar-refractivity contribution in [3.8, 4) is 0 Å². The normalized spacial score (nSPS) is 17.6. The number of sulfonamides is 1. The molecule has 0 saturated heterocycles. The quantitative estimate of drug-likeness (QED) is 0.821. The first-order chi connectivity index (χ1) is 10.0. The van der Waals surface area contributed by atoms with E-state index in [1.807, 2.05) is 0 Å². The fraction of sp³-hybridized carbons (Fsp3) is 0.600. The van der Waals surface area contributed by atoms with E-state index in [4.69, 9.17) is 0 Å². The molecule has 1 aliphatic rings. The molecule has 1 aromatic rings. The summed E-state index contributed by atoms with van der Waals surface area (Å²) in [6.07, 6.45) is 6.00. The Hall–Kier alpha value is -0.980. The minimum Gasteiger partial charge on any atom is -0.316 e. The Balaban J connectivity index is 2.14. The van der Waals surface area contributed by atoms with E-state index < -0.39 is 15.8 Å². The number of nitrogens with one attached hydrogen (secondary N) is 2. The van der Waals surface area contributed by atoms with E-state index in [1.54, 1.807) is 13.1 Å². The molecule has 2 N–H and O–H groups in total. The first kappa shape index (κ1) is 16.4. The highest BCUT2D eigenvalue weighted by molar-refractivity contribution is 7.89. The van der Waals surface area contributed by atoms with E-state index >= 15 is 0 Å². The van der Waals surface area contributed by atoms with Gasteiger partial charge in [-0.05, 0) is 37.6 Å². The summed E-state index contributed by atoms with van der Waals surface area (Å²) in [6, 6.07) is 4.19. The second-order valence-corrected chi connectivity index (χ2v) is 7.29. The van der Waals surface area contributed by atoms with Gasteiger partial charge in [0.2, 0.25) is 10.0 Å². The molecule has 0 bridgehead atoms. The fourth-order valence-corrected chi connectivity index (χ4v) is 4.12. The number of halogens is 1. The van der Waals surface area contributed by atoms with Gasteiger partial charge in [-0.25, -0.2) is 17.5 Å². The first-order valence-corrected chi connectivity index (χ1v) is 8.96. The molecule has 1 saturated carbocycles. The van der Waals surface area contributed by atoms with Crippen LogP contribution in [0.3, 0.4) is 0 Å². The molecule has 118 valence electrons. The summed E-state index contributed by atoms with van der Waals surface area (Å²) in [6.45, 7) is 0.507. The van der Waals surface area contributed by atoms with Crippen molar-refractivity contribution in [3.63, 3.8) is 0 Å². The van der Waals surface area contributed by atoms with Crippen molar-refractivity contribution in [2.24, 2.45) is 0 Å². The number of benzene rings is 1. The molecular formula is C15H23FN2O2S. The average Bonchev–Trinajstić information content (AvgIpc) is 2.67. The van der Waals surface area contributed by atoms with Crippen LogP contribution in [0.5, 0.6) is 0 Å². The lowest BCUT2D eigenvalue weighted by atomic mass is 10.1. The van der Waals surface area contributed by atoms with Gasteiger partial charge in [0.1, 0.15) is 10.7 Å². The third-order valence-corrected chi connectivity index (χ3v) is 5.40. The molecule has 6 heteroatoms. The van der Waals surface area contributed by atoms with Crippen LogP contribution in [0, 0.1) is 5.82 Å². The van der Waals surface area contributed by atoms with E-state index in [0.29, 0.717) is 6.54 Å². The molecule has 0 amide bonds. The van der Waals surface area contributed by atoms with Crippen LogP contribution < -0.4 is 10.0 Å². The summed E-state index contributed by atoms with van der Waals surface area (Å²) in [5.74, 6) is -0.691. The highest BCUT2D eigenvalue weighted by Gasteiger charge is 2.24. The summed E-state index contributed by atoms with van der Waals surface area (Å²) in [5.41, 5.74) is 0.725. The number of hydrogen-bond acceptors (Lipinski definition) is 3. The SMILES string of the molecule is CNCc1ccc(S(=O)(=O)NC2CCCCCC2)c(F)c1. The first-order valence-electron chi connectivity index (χ1n) is 7.48. The summed E-state index contributed by atoms with van der Waals surface area (Å²) >= 11 is 0. The lowest BCUT2D eigenvalue weighted by molar-refractivity contribution is 0.503. The maximum absolute atomic E-state index is 14.1. The van der Waals surface area contributed by atoms with Crippen molar-refractivity contribution in [1.29, 1.82) is 0 Å². The van der Waals surface area contributed by atoms with Gasteiger partial charge in [-0.15, -0.1) is 0 Å². The van der Waals surface area contributed by atoms with Gasteiger partial charge in [0.05, 0.1) is 0 Å². The zero-order valence-corrected chi connectivity index (χ0v) is 13.2. The van der Waals surface area contributed by atoms with Crippen LogP contribution in [0.2, 0.25) is 0 Å². The largest absolute Gasteiger partial charge is 0.316 e. The second kappa shape index (κ2) is 7.33. The Labute approximate surface area is 126 Å². The van der Waals surface area contributed by atoms with E-state index in [2.05, 4.69) is 10.0 Å². The number of rotatable bonds is 5. The third kappa shape index (κ3) is 4.49. The third-order valence-electron chi connectivity index (χ3n) is 3.84. The number of hydrogen-bond donors (Lipinski definition) is 2. The van der Waals surface area contributed by atoms with Gasteiger partial charge in [0.15, 0.2) is 0 Å². The van der Waals surface area contributed by atoms with Crippen molar-refractivity contribution in [1.82, 2.24) is 10.0 Å². The molecule has 4 nitrogen and oxygen atoms in total. The minimum absolute atomic E-state index is 0.0751. The van der Waals surface area contributed by atoms with Crippen LogP contribution in [-0.4, -0.2) is 21.5 Å². The lowest BCUT2D eigenvalue weighted by Gasteiger charge is -2.17. The molecule has 0 aliphatic heterocycles. The molecule has 0 unspecified atom stereocenters. The predicted octanol–water partition coefficient (Wildman–Crippen LogP) is 2.55. The molecule has 0 radical (unpaired) electrons. The molecule has 0 spiro atoms. The summed E-state index contributed by atoms with van der Waals surface area (Å²) < 4.78 is 41.4. The molecule has 1 aliphatic carbocycles. The van der Waals surface area contributed by atoms with Gasteiger partial charge in [-0.3, -0.25) is 0 Å². The van der Waals surface area contributed by atoms with E-state index in [-0.39, 0.29) is 10.9 Å². The Kier molecular flexibility index (Phi) is 5.72. The lowest BCUT2D eigenvalue weighted by Crippen LogP contribution is -2.34. The molecule has 0 aromatic heterocycles. The zero-order valence-electron chi connectivity index (χ0n) is 12.4. The highest BCUT2D eigenvalue weighted by atomic mass is 32.2. The van der Waals surface area contributed by atoms with Gasteiger partial charge >= 0.3 is 0 Å². The van der Waals surface area contributed by atoms with Crippen LogP contribution >= 0.6 is 0 Å². The second-order valence-electron chi connectivity index (χ2n) is 5.60. The smallest absolute Gasteiger partial charge is 0.243 e. The van der Waals surface area contributed by atoms with Gasteiger partial charge < -0.3 is 5.32 Å². The zero-order chi connectivity index (χ0) is 15.3. The monoisotopic (exact) mass is 314 g/mol. The standard InChI is InChI=1S/C15H23FN2O2S/c1-17-11-12-8-9-15(14(16)10-12)21(19,20)18-13-6-4-2-3-5-7-13/h8-10,13,17-18H,2-7,11H2,1H3. The van der Waals surface area contributed by atoms with Crippen LogP contribution in [-0.2, 0) is 16.6 Å².